The third-order valence-corrected chi connectivity index (χ3v) is 5.91. The maximum absolute atomic E-state index is 12.8. The molecule has 0 fully saturated rings. The van der Waals surface area contributed by atoms with Crippen LogP contribution >= 0.6 is 11.3 Å². The fourth-order valence-electron chi connectivity index (χ4n) is 3.50. The molecule has 2 heterocycles. The SMILES string of the molecule is Cc1onc(-c2ccccc2)c1C(=O)NC(=O)c1c(N)sc2c1CCCC2. The lowest BCUT2D eigenvalue weighted by Gasteiger charge is -2.12. The van der Waals surface area contributed by atoms with Gasteiger partial charge in [0.25, 0.3) is 11.8 Å². The Labute approximate surface area is 160 Å². The topological polar surface area (TPSA) is 98.2 Å². The number of aromatic nitrogens is 1. The molecule has 3 aromatic rings. The smallest absolute Gasteiger partial charge is 0.264 e. The number of nitrogens with two attached hydrogens (primary N) is 1. The first-order valence-electron chi connectivity index (χ1n) is 8.83. The number of anilines is 1. The molecular formula is C20H19N3O3S. The number of aryl methyl sites for hydroxylation is 2. The number of thiophene rings is 1. The number of fused-ring (bicyclic) bond motifs is 1. The minimum atomic E-state index is -0.534. The fourth-order valence-corrected chi connectivity index (χ4v) is 4.65. The van der Waals surface area contributed by atoms with Gasteiger partial charge in [-0.1, -0.05) is 35.5 Å². The standard InChI is InChI=1S/C20H19N3O3S/c1-11-15(17(23-26-11)12-7-3-2-4-8-12)19(24)22-20(25)16-13-9-5-6-10-14(13)27-18(16)21/h2-4,7-8H,5-6,9-10,21H2,1H3,(H,22,24,25). The number of carbonyl (C=O) groups is 2. The minimum absolute atomic E-state index is 0.261. The Balaban J connectivity index is 1.64. The lowest BCUT2D eigenvalue weighted by molar-refractivity contribution is 0.0849. The summed E-state index contributed by atoms with van der Waals surface area (Å²) >= 11 is 1.45. The monoisotopic (exact) mass is 381 g/mol. The van der Waals surface area contributed by atoms with E-state index in [1.54, 1.807) is 6.92 Å². The second kappa shape index (κ2) is 7.00. The van der Waals surface area contributed by atoms with Crippen molar-refractivity contribution in [2.24, 2.45) is 0 Å². The van der Waals surface area contributed by atoms with Gasteiger partial charge in [0.15, 0.2) is 0 Å². The van der Waals surface area contributed by atoms with E-state index < -0.39 is 11.8 Å². The summed E-state index contributed by atoms with van der Waals surface area (Å²) in [5.41, 5.74) is 8.94. The highest BCUT2D eigenvalue weighted by molar-refractivity contribution is 7.16. The summed E-state index contributed by atoms with van der Waals surface area (Å²) < 4.78 is 5.21. The van der Waals surface area contributed by atoms with Crippen molar-refractivity contribution in [3.05, 3.63) is 57.7 Å². The van der Waals surface area contributed by atoms with Crippen molar-refractivity contribution in [2.75, 3.05) is 5.73 Å². The number of imide groups is 1. The highest BCUT2D eigenvalue weighted by Gasteiger charge is 2.28. The van der Waals surface area contributed by atoms with Crippen LogP contribution in [-0.2, 0) is 12.8 Å². The zero-order valence-electron chi connectivity index (χ0n) is 14.9. The first-order valence-corrected chi connectivity index (χ1v) is 9.65. The van der Waals surface area contributed by atoms with Crippen LogP contribution < -0.4 is 11.1 Å². The van der Waals surface area contributed by atoms with Gasteiger partial charge in [-0.25, -0.2) is 0 Å². The van der Waals surface area contributed by atoms with Gasteiger partial charge < -0.3 is 10.3 Å². The Morgan fingerprint density at radius 1 is 1.11 bits per heavy atom. The van der Waals surface area contributed by atoms with Crippen LogP contribution in [0.3, 0.4) is 0 Å². The molecule has 4 rings (SSSR count). The van der Waals surface area contributed by atoms with Crippen LogP contribution in [0.2, 0.25) is 0 Å². The molecule has 7 heteroatoms. The number of amides is 2. The van der Waals surface area contributed by atoms with E-state index in [9.17, 15) is 9.59 Å². The van der Waals surface area contributed by atoms with Crippen molar-refractivity contribution in [3.8, 4) is 11.3 Å². The zero-order valence-corrected chi connectivity index (χ0v) is 15.7. The molecule has 0 bridgehead atoms. The lowest BCUT2D eigenvalue weighted by atomic mass is 9.95. The second-order valence-electron chi connectivity index (χ2n) is 6.56. The fraction of sp³-hybridized carbons (Fsp3) is 0.250. The summed E-state index contributed by atoms with van der Waals surface area (Å²) in [6, 6.07) is 9.25. The molecule has 0 spiro atoms. The van der Waals surface area contributed by atoms with Crippen LogP contribution in [0.15, 0.2) is 34.9 Å². The van der Waals surface area contributed by atoms with E-state index in [4.69, 9.17) is 10.3 Å². The second-order valence-corrected chi connectivity index (χ2v) is 7.70. The van der Waals surface area contributed by atoms with E-state index in [2.05, 4.69) is 10.5 Å². The molecule has 0 saturated carbocycles. The first kappa shape index (κ1) is 17.5. The van der Waals surface area contributed by atoms with Gasteiger partial charge in [0.2, 0.25) is 0 Å². The van der Waals surface area contributed by atoms with E-state index in [1.807, 2.05) is 30.3 Å². The van der Waals surface area contributed by atoms with Gasteiger partial charge >= 0.3 is 0 Å². The molecular weight excluding hydrogens is 362 g/mol. The number of hydrogen-bond acceptors (Lipinski definition) is 6. The lowest BCUT2D eigenvalue weighted by Crippen LogP contribution is -2.32. The van der Waals surface area contributed by atoms with E-state index >= 15 is 0 Å². The molecule has 0 radical (unpaired) electrons. The van der Waals surface area contributed by atoms with Crippen LogP contribution in [-0.4, -0.2) is 17.0 Å². The maximum atomic E-state index is 12.8. The molecule has 2 aromatic heterocycles. The molecule has 1 aliphatic rings. The number of hydrogen-bond donors (Lipinski definition) is 2. The highest BCUT2D eigenvalue weighted by Crippen LogP contribution is 2.36. The number of nitrogens with zero attached hydrogens (tertiary/aromatic N) is 1. The van der Waals surface area contributed by atoms with Gasteiger partial charge in [-0.3, -0.25) is 14.9 Å². The number of carbonyl (C=O) groups excluding carboxylic acids is 2. The van der Waals surface area contributed by atoms with Crippen LogP contribution in [0.1, 0.15) is 49.8 Å². The van der Waals surface area contributed by atoms with Gasteiger partial charge in [-0.2, -0.15) is 0 Å². The van der Waals surface area contributed by atoms with E-state index in [1.165, 1.54) is 11.3 Å². The Morgan fingerprint density at radius 3 is 2.59 bits per heavy atom. The third kappa shape index (κ3) is 3.14. The average Bonchev–Trinajstić information content (AvgIpc) is 3.21. The van der Waals surface area contributed by atoms with Crippen molar-refractivity contribution < 1.29 is 14.1 Å². The quantitative estimate of drug-likeness (QED) is 0.674. The van der Waals surface area contributed by atoms with Crippen molar-refractivity contribution >= 4 is 28.2 Å². The summed E-state index contributed by atoms with van der Waals surface area (Å²) in [5.74, 6) is -0.635. The molecule has 0 unspecified atom stereocenters. The summed E-state index contributed by atoms with van der Waals surface area (Å²) in [4.78, 5) is 26.8. The molecule has 3 N–H and O–H groups in total. The van der Waals surface area contributed by atoms with Crippen LogP contribution in [0, 0.1) is 6.92 Å². The van der Waals surface area contributed by atoms with Gasteiger partial charge in [0.05, 0.1) is 10.6 Å². The molecule has 1 aromatic carbocycles. The minimum Gasteiger partial charge on any atom is -0.390 e. The Kier molecular flexibility index (Phi) is 4.53. The summed E-state index contributed by atoms with van der Waals surface area (Å²) in [6.45, 7) is 1.65. The first-order chi connectivity index (χ1) is 13.1. The van der Waals surface area contributed by atoms with Crippen molar-refractivity contribution in [3.63, 3.8) is 0 Å². The predicted molar refractivity (Wildman–Crippen MR) is 104 cm³/mol. The predicted octanol–water partition coefficient (Wildman–Crippen LogP) is 3.74. The molecule has 1 aliphatic carbocycles. The maximum Gasteiger partial charge on any atom is 0.264 e. The molecule has 0 aliphatic heterocycles. The van der Waals surface area contributed by atoms with Crippen molar-refractivity contribution in [1.29, 1.82) is 0 Å². The zero-order chi connectivity index (χ0) is 19.0. The summed E-state index contributed by atoms with van der Waals surface area (Å²) in [7, 11) is 0. The highest BCUT2D eigenvalue weighted by atomic mass is 32.1. The third-order valence-electron chi connectivity index (χ3n) is 4.79. The summed E-state index contributed by atoms with van der Waals surface area (Å²) in [6.07, 6.45) is 3.89. The molecule has 0 atom stereocenters. The average molecular weight is 381 g/mol. The molecule has 0 saturated heterocycles. The Bertz CT molecular complexity index is 1020. The number of nitrogen functional groups attached to an aromatic ring is 1. The molecule has 138 valence electrons. The van der Waals surface area contributed by atoms with E-state index in [0.29, 0.717) is 22.0 Å². The molecule has 2 amide bonds. The van der Waals surface area contributed by atoms with Crippen LogP contribution in [0.4, 0.5) is 5.00 Å². The van der Waals surface area contributed by atoms with Gasteiger partial charge in [-0.05, 0) is 38.2 Å². The molecule has 27 heavy (non-hydrogen) atoms. The van der Waals surface area contributed by atoms with Crippen LogP contribution in [0.25, 0.3) is 11.3 Å². The Morgan fingerprint density at radius 2 is 1.81 bits per heavy atom. The number of benzene rings is 1. The van der Waals surface area contributed by atoms with Crippen molar-refractivity contribution in [2.45, 2.75) is 32.6 Å². The van der Waals surface area contributed by atoms with E-state index in [-0.39, 0.29) is 5.56 Å². The van der Waals surface area contributed by atoms with Crippen molar-refractivity contribution in [1.82, 2.24) is 10.5 Å². The van der Waals surface area contributed by atoms with Gasteiger partial charge in [-0.15, -0.1) is 11.3 Å². The van der Waals surface area contributed by atoms with Crippen LogP contribution in [0.5, 0.6) is 0 Å². The van der Waals surface area contributed by atoms with Gasteiger partial charge in [0.1, 0.15) is 17.0 Å². The number of nitrogens with one attached hydrogen (secondary N) is 1. The molecule has 6 nitrogen and oxygen atoms in total. The summed E-state index contributed by atoms with van der Waals surface area (Å²) in [5, 5.41) is 6.94. The van der Waals surface area contributed by atoms with E-state index in [0.717, 1.165) is 41.7 Å². The normalized spacial score (nSPS) is 13.2. The van der Waals surface area contributed by atoms with Gasteiger partial charge in [0, 0.05) is 10.4 Å². The number of rotatable bonds is 3. The largest absolute Gasteiger partial charge is 0.390 e. The Hall–Kier alpha value is -2.93.